The first-order chi connectivity index (χ1) is 21.5. The first kappa shape index (κ1) is 32.2. The highest BCUT2D eigenvalue weighted by Gasteiger charge is 2.32. The summed E-state index contributed by atoms with van der Waals surface area (Å²) in [7, 11) is 0. The second kappa shape index (κ2) is 14.7. The van der Waals surface area contributed by atoms with Crippen LogP contribution in [0.4, 0.5) is 0 Å². The molecule has 15 nitrogen and oxygen atoms in total. The summed E-state index contributed by atoms with van der Waals surface area (Å²) in [6.45, 7) is 0. The lowest BCUT2D eigenvalue weighted by molar-refractivity contribution is -0.147. The molecule has 2 aromatic carbocycles. The highest BCUT2D eigenvalue weighted by atomic mass is 16.4. The standard InChI is InChI=1S/C30H33N7O8/c31-21(10-17-13-33-22-4-2-1-3-20(17)22)27(41)35-24(11-18-14-32-15-34-18)29(43)36-23(9-16-5-7-19(38)8-6-16)28(42)37-25(30(44)45)12-26(39)40/h1-8,13-15,21,23-25,33,38H,9-12,31H2,(H,32,34)(H,35,41)(H,36,43)(H,37,42)(H,39,40)(H,44,45). The Hall–Kier alpha value is -5.70. The molecule has 4 rings (SSSR count). The van der Waals surface area contributed by atoms with E-state index in [0.29, 0.717) is 11.3 Å². The van der Waals surface area contributed by atoms with Gasteiger partial charge in [-0.25, -0.2) is 9.78 Å². The fourth-order valence-electron chi connectivity index (χ4n) is 4.73. The average Bonchev–Trinajstić information content (AvgIpc) is 3.67. The van der Waals surface area contributed by atoms with Crippen LogP contribution in [-0.4, -0.2) is 84.1 Å². The van der Waals surface area contributed by atoms with Crippen LogP contribution in [0.3, 0.4) is 0 Å². The molecule has 2 heterocycles. The molecule has 0 fully saturated rings. The van der Waals surface area contributed by atoms with Crippen LogP contribution in [0.2, 0.25) is 0 Å². The molecule has 0 spiro atoms. The number of aromatic amines is 2. The van der Waals surface area contributed by atoms with Gasteiger partial charge in [0.15, 0.2) is 0 Å². The summed E-state index contributed by atoms with van der Waals surface area (Å²) in [5, 5.41) is 36.4. The van der Waals surface area contributed by atoms with Gasteiger partial charge >= 0.3 is 11.9 Å². The van der Waals surface area contributed by atoms with Crippen LogP contribution in [0.15, 0.2) is 67.3 Å². The van der Waals surface area contributed by atoms with Crippen molar-refractivity contribution in [1.82, 2.24) is 30.9 Å². The third-order valence-corrected chi connectivity index (χ3v) is 7.07. The molecule has 0 aliphatic heterocycles. The van der Waals surface area contributed by atoms with E-state index in [1.54, 1.807) is 6.20 Å². The summed E-state index contributed by atoms with van der Waals surface area (Å²) in [6.07, 6.45) is 3.68. The minimum Gasteiger partial charge on any atom is -0.508 e. The minimum absolute atomic E-state index is 0.0394. The Balaban J connectivity index is 1.53. The van der Waals surface area contributed by atoms with Crippen molar-refractivity contribution in [3.8, 4) is 5.75 Å². The molecule has 0 bridgehead atoms. The molecule has 0 aliphatic carbocycles. The minimum atomic E-state index is -1.77. The highest BCUT2D eigenvalue weighted by molar-refractivity contribution is 5.95. The molecule has 10 N–H and O–H groups in total. The number of rotatable bonds is 15. The zero-order valence-electron chi connectivity index (χ0n) is 23.9. The van der Waals surface area contributed by atoms with Crippen molar-refractivity contribution in [3.63, 3.8) is 0 Å². The molecular formula is C30H33N7O8. The van der Waals surface area contributed by atoms with Crippen LogP contribution >= 0.6 is 0 Å². The number of nitrogens with one attached hydrogen (secondary N) is 5. The summed E-state index contributed by atoms with van der Waals surface area (Å²) in [4.78, 5) is 72.8. The SMILES string of the molecule is NC(Cc1c[nH]c2ccccc12)C(=O)NC(Cc1cnc[nH]1)C(=O)NC(Cc1ccc(O)cc1)C(=O)NC(CC(=O)O)C(=O)O. The number of aliphatic carboxylic acids is 2. The van der Waals surface area contributed by atoms with Gasteiger partial charge in [-0.05, 0) is 35.7 Å². The van der Waals surface area contributed by atoms with Gasteiger partial charge in [-0.1, -0.05) is 30.3 Å². The Kier molecular flexibility index (Phi) is 10.5. The van der Waals surface area contributed by atoms with Gasteiger partial charge in [-0.2, -0.15) is 0 Å². The second-order valence-electron chi connectivity index (χ2n) is 10.4. The largest absolute Gasteiger partial charge is 0.508 e. The van der Waals surface area contributed by atoms with Crippen molar-refractivity contribution >= 4 is 40.6 Å². The summed E-state index contributed by atoms with van der Waals surface area (Å²) >= 11 is 0. The first-order valence-corrected chi connectivity index (χ1v) is 13.9. The average molecular weight is 620 g/mol. The van der Waals surface area contributed by atoms with E-state index in [1.165, 1.54) is 36.8 Å². The summed E-state index contributed by atoms with van der Waals surface area (Å²) < 4.78 is 0. The number of phenols is 1. The van der Waals surface area contributed by atoms with Crippen LogP contribution in [0.5, 0.6) is 5.75 Å². The van der Waals surface area contributed by atoms with Crippen molar-refractivity contribution in [2.45, 2.75) is 49.9 Å². The zero-order valence-corrected chi connectivity index (χ0v) is 23.9. The number of fused-ring (bicyclic) bond motifs is 1. The number of aromatic hydroxyl groups is 1. The van der Waals surface area contributed by atoms with E-state index in [4.69, 9.17) is 10.8 Å². The molecule has 45 heavy (non-hydrogen) atoms. The number of benzene rings is 2. The van der Waals surface area contributed by atoms with Gasteiger partial charge in [0.25, 0.3) is 0 Å². The molecule has 0 aliphatic rings. The fraction of sp³-hybridized carbons (Fsp3) is 0.267. The predicted molar refractivity (Wildman–Crippen MR) is 160 cm³/mol. The molecule has 0 saturated carbocycles. The van der Waals surface area contributed by atoms with Crippen molar-refractivity contribution in [1.29, 1.82) is 0 Å². The van der Waals surface area contributed by atoms with Crippen LogP contribution < -0.4 is 21.7 Å². The Morgan fingerprint density at radius 3 is 2.09 bits per heavy atom. The van der Waals surface area contributed by atoms with E-state index in [1.807, 2.05) is 24.3 Å². The number of hydrogen-bond donors (Lipinski definition) is 9. The van der Waals surface area contributed by atoms with Gasteiger partial charge in [0.2, 0.25) is 17.7 Å². The van der Waals surface area contributed by atoms with Crippen LogP contribution in [0, 0.1) is 0 Å². The fourth-order valence-corrected chi connectivity index (χ4v) is 4.73. The number of carboxylic acids is 2. The number of nitrogens with two attached hydrogens (primary N) is 1. The van der Waals surface area contributed by atoms with E-state index in [9.17, 15) is 34.2 Å². The normalized spacial score (nSPS) is 13.7. The number of amides is 3. The molecule has 236 valence electrons. The van der Waals surface area contributed by atoms with Crippen molar-refractivity contribution < 1.29 is 39.3 Å². The number of carboxylic acid groups (broad SMARTS) is 2. The molecule has 3 amide bonds. The topological polar surface area (TPSA) is 253 Å². The van der Waals surface area contributed by atoms with E-state index in [0.717, 1.165) is 16.5 Å². The molecule has 2 aromatic heterocycles. The quantitative estimate of drug-likeness (QED) is 0.0858. The molecule has 0 saturated heterocycles. The number of nitrogens with zero attached hydrogens (tertiary/aromatic N) is 1. The summed E-state index contributed by atoms with van der Waals surface area (Å²) in [5.74, 6) is -5.45. The third-order valence-electron chi connectivity index (χ3n) is 7.07. The number of imidazole rings is 1. The van der Waals surface area contributed by atoms with Gasteiger partial charge < -0.3 is 47.0 Å². The molecule has 4 atom stereocenters. The van der Waals surface area contributed by atoms with Crippen LogP contribution in [-0.2, 0) is 43.2 Å². The van der Waals surface area contributed by atoms with Gasteiger partial charge in [0, 0.05) is 41.8 Å². The van der Waals surface area contributed by atoms with Gasteiger partial charge in [-0.3, -0.25) is 19.2 Å². The Morgan fingerprint density at radius 1 is 0.800 bits per heavy atom. The van der Waals surface area contributed by atoms with E-state index in [2.05, 4.69) is 30.9 Å². The molecule has 15 heteroatoms. The molecule has 4 unspecified atom stereocenters. The van der Waals surface area contributed by atoms with E-state index >= 15 is 0 Å². The lowest BCUT2D eigenvalue weighted by Crippen LogP contribution is -2.58. The molecular weight excluding hydrogens is 586 g/mol. The van der Waals surface area contributed by atoms with Crippen molar-refractivity contribution in [2.24, 2.45) is 5.73 Å². The number of H-pyrrole nitrogens is 2. The number of hydrogen-bond acceptors (Lipinski definition) is 8. The number of phenolic OH excluding ortho intramolecular Hbond substituents is 1. The maximum atomic E-state index is 13.6. The Labute approximate surface area is 256 Å². The zero-order chi connectivity index (χ0) is 32.5. The highest BCUT2D eigenvalue weighted by Crippen LogP contribution is 2.19. The summed E-state index contributed by atoms with van der Waals surface area (Å²) in [6, 6.07) is 7.82. The van der Waals surface area contributed by atoms with Crippen molar-refractivity contribution in [3.05, 3.63) is 84.1 Å². The monoisotopic (exact) mass is 619 g/mol. The van der Waals surface area contributed by atoms with Crippen LogP contribution in [0.1, 0.15) is 23.2 Å². The smallest absolute Gasteiger partial charge is 0.326 e. The first-order valence-electron chi connectivity index (χ1n) is 13.9. The van der Waals surface area contributed by atoms with Crippen LogP contribution in [0.25, 0.3) is 10.9 Å². The third kappa shape index (κ3) is 8.90. The molecule has 0 radical (unpaired) electrons. The van der Waals surface area contributed by atoms with Crippen molar-refractivity contribution in [2.75, 3.05) is 0 Å². The predicted octanol–water partition coefficient (Wildman–Crippen LogP) is -0.0345. The Bertz CT molecular complexity index is 1650. The van der Waals surface area contributed by atoms with Gasteiger partial charge in [0.05, 0.1) is 18.8 Å². The maximum Gasteiger partial charge on any atom is 0.326 e. The second-order valence-corrected chi connectivity index (χ2v) is 10.4. The van der Waals surface area contributed by atoms with Gasteiger partial charge in [-0.15, -0.1) is 0 Å². The number of para-hydroxylation sites is 1. The maximum absolute atomic E-state index is 13.6. The number of aromatic nitrogens is 3. The summed E-state index contributed by atoms with van der Waals surface area (Å²) in [5.41, 5.74) is 8.91. The molecule has 4 aromatic rings. The lowest BCUT2D eigenvalue weighted by Gasteiger charge is -2.25. The van der Waals surface area contributed by atoms with E-state index < -0.39 is 60.2 Å². The van der Waals surface area contributed by atoms with Gasteiger partial charge in [0.1, 0.15) is 23.9 Å². The Morgan fingerprint density at radius 2 is 1.44 bits per heavy atom. The number of carbonyl (C=O) groups excluding carboxylic acids is 3. The number of carbonyl (C=O) groups is 5. The van der Waals surface area contributed by atoms with E-state index in [-0.39, 0.29) is 25.0 Å². The lowest BCUT2D eigenvalue weighted by atomic mass is 10.0.